The molecule has 1 amide bonds. The maximum absolute atomic E-state index is 13.4. The number of hydrogen-bond acceptors (Lipinski definition) is 6. The van der Waals surface area contributed by atoms with Gasteiger partial charge in [-0.15, -0.1) is 0 Å². The van der Waals surface area contributed by atoms with E-state index in [0.717, 1.165) is 60.6 Å². The lowest BCUT2D eigenvalue weighted by molar-refractivity contribution is -0.137. The van der Waals surface area contributed by atoms with Crippen molar-refractivity contribution in [2.24, 2.45) is 0 Å². The number of halogens is 3. The number of carbonyl (C=O) groups is 1. The van der Waals surface area contributed by atoms with Crippen molar-refractivity contribution in [2.45, 2.75) is 48.2 Å². The highest BCUT2D eigenvalue weighted by Gasteiger charge is 2.47. The molecule has 0 radical (unpaired) electrons. The molecule has 3 aromatic rings. The Labute approximate surface area is 236 Å². The smallest absolute Gasteiger partial charge is 0.367 e. The van der Waals surface area contributed by atoms with Gasteiger partial charge in [0.25, 0.3) is 0 Å². The van der Waals surface area contributed by atoms with Gasteiger partial charge in [0.2, 0.25) is 15.9 Å². The Hall–Kier alpha value is -3.48. The summed E-state index contributed by atoms with van der Waals surface area (Å²) in [7, 11) is -3.72. The minimum Gasteiger partial charge on any atom is -0.367 e. The number of benzene rings is 2. The van der Waals surface area contributed by atoms with Crippen molar-refractivity contribution in [2.75, 3.05) is 36.8 Å². The van der Waals surface area contributed by atoms with E-state index in [1.165, 1.54) is 10.4 Å². The molecular formula is C29H30F3N5O3S. The van der Waals surface area contributed by atoms with Crippen molar-refractivity contribution >= 4 is 27.4 Å². The number of nitrogens with zero attached hydrogens (tertiary/aromatic N) is 2. The average molecular weight is 586 g/mol. The zero-order chi connectivity index (χ0) is 28.8. The zero-order valence-corrected chi connectivity index (χ0v) is 23.0. The standard InChI is InChI=1S/C29H30F3N5O3S/c30-29(31,32)21-4-8-26(34-18-21)35-22-9-15-37(16-10-22)41(39,40)23-5-1-19(2-6-23)20-3-7-25-24(17-20)28(27(38)36-25)11-13-33-14-12-28/h1-8,17-18,22,33H,9-16H2,(H,34,35)(H,36,38). The van der Waals surface area contributed by atoms with Crippen LogP contribution in [0.2, 0.25) is 0 Å². The minimum atomic E-state index is -4.45. The van der Waals surface area contributed by atoms with E-state index in [9.17, 15) is 26.4 Å². The minimum absolute atomic E-state index is 0.0437. The number of anilines is 2. The van der Waals surface area contributed by atoms with Crippen LogP contribution in [0.4, 0.5) is 24.7 Å². The van der Waals surface area contributed by atoms with E-state index in [2.05, 4.69) is 20.9 Å². The van der Waals surface area contributed by atoms with E-state index in [1.54, 1.807) is 24.3 Å². The first-order valence-corrected chi connectivity index (χ1v) is 15.1. The number of aromatic nitrogens is 1. The molecule has 2 saturated heterocycles. The first-order valence-electron chi connectivity index (χ1n) is 13.6. The SMILES string of the molecule is O=C1Nc2ccc(-c3ccc(S(=O)(=O)N4CCC(Nc5ccc(C(F)(F)F)cn5)CC4)cc3)cc2C12CCNCC2. The van der Waals surface area contributed by atoms with Gasteiger partial charge in [0.15, 0.2) is 0 Å². The van der Waals surface area contributed by atoms with Gasteiger partial charge < -0.3 is 16.0 Å². The fourth-order valence-corrected chi connectivity index (χ4v) is 7.48. The van der Waals surface area contributed by atoms with Gasteiger partial charge in [0.1, 0.15) is 5.82 Å². The van der Waals surface area contributed by atoms with Crippen molar-refractivity contribution in [1.82, 2.24) is 14.6 Å². The monoisotopic (exact) mass is 585 g/mol. The Bertz CT molecular complexity index is 1550. The summed E-state index contributed by atoms with van der Waals surface area (Å²) in [6, 6.07) is 14.9. The maximum atomic E-state index is 13.4. The maximum Gasteiger partial charge on any atom is 0.417 e. The Kier molecular flexibility index (Phi) is 7.03. The third kappa shape index (κ3) is 5.20. The van der Waals surface area contributed by atoms with Crippen molar-refractivity contribution in [3.05, 3.63) is 71.9 Å². The van der Waals surface area contributed by atoms with Crippen molar-refractivity contribution in [1.29, 1.82) is 0 Å². The summed E-state index contributed by atoms with van der Waals surface area (Å²) in [6.45, 7) is 2.13. The van der Waals surface area contributed by atoms with Crippen LogP contribution in [-0.2, 0) is 26.4 Å². The van der Waals surface area contributed by atoms with Gasteiger partial charge in [-0.1, -0.05) is 18.2 Å². The van der Waals surface area contributed by atoms with Crippen molar-refractivity contribution < 1.29 is 26.4 Å². The van der Waals surface area contributed by atoms with E-state index in [1.807, 2.05) is 18.2 Å². The molecule has 12 heteroatoms. The summed E-state index contributed by atoms with van der Waals surface area (Å²) in [6.07, 6.45) is -1.19. The summed E-state index contributed by atoms with van der Waals surface area (Å²) in [4.78, 5) is 16.9. The highest BCUT2D eigenvalue weighted by Crippen LogP contribution is 2.45. The summed E-state index contributed by atoms with van der Waals surface area (Å²) in [5.74, 6) is 0.370. The van der Waals surface area contributed by atoms with Crippen LogP contribution in [0.5, 0.6) is 0 Å². The van der Waals surface area contributed by atoms with Crippen LogP contribution in [0, 0.1) is 0 Å². The average Bonchev–Trinajstić information content (AvgIpc) is 3.23. The van der Waals surface area contributed by atoms with Gasteiger partial charge in [0, 0.05) is 31.0 Å². The molecular weight excluding hydrogens is 555 g/mol. The molecule has 216 valence electrons. The van der Waals surface area contributed by atoms with Crippen LogP contribution in [0.15, 0.2) is 65.7 Å². The van der Waals surface area contributed by atoms with E-state index in [0.29, 0.717) is 18.7 Å². The number of rotatable bonds is 5. The Morgan fingerprint density at radius 1 is 0.951 bits per heavy atom. The van der Waals surface area contributed by atoms with Crippen molar-refractivity contribution in [3.63, 3.8) is 0 Å². The molecule has 0 unspecified atom stereocenters. The summed E-state index contributed by atoms with van der Waals surface area (Å²) >= 11 is 0. The highest BCUT2D eigenvalue weighted by atomic mass is 32.2. The van der Waals surface area contributed by atoms with E-state index in [4.69, 9.17) is 0 Å². The first-order chi connectivity index (χ1) is 19.6. The van der Waals surface area contributed by atoms with E-state index in [-0.39, 0.29) is 29.9 Å². The lowest BCUT2D eigenvalue weighted by atomic mass is 9.73. The van der Waals surface area contributed by atoms with Crippen LogP contribution in [0.25, 0.3) is 11.1 Å². The molecule has 0 bridgehead atoms. The molecule has 0 saturated carbocycles. The molecule has 3 aliphatic heterocycles. The molecule has 0 aliphatic carbocycles. The fourth-order valence-electron chi connectivity index (χ4n) is 6.01. The number of fused-ring (bicyclic) bond motifs is 2. The van der Waals surface area contributed by atoms with Gasteiger partial charge in [-0.3, -0.25) is 4.79 Å². The number of nitrogens with one attached hydrogen (secondary N) is 3. The molecule has 6 rings (SSSR count). The van der Waals surface area contributed by atoms with Gasteiger partial charge in [0.05, 0.1) is 15.9 Å². The van der Waals surface area contributed by atoms with Crippen molar-refractivity contribution in [3.8, 4) is 11.1 Å². The topological polar surface area (TPSA) is 103 Å². The molecule has 3 N–H and O–H groups in total. The van der Waals surface area contributed by atoms with Crippen LogP contribution in [0.1, 0.15) is 36.8 Å². The molecule has 1 spiro atoms. The summed E-state index contributed by atoms with van der Waals surface area (Å²) in [5.41, 5.74) is 2.29. The third-order valence-electron chi connectivity index (χ3n) is 8.40. The molecule has 4 heterocycles. The lowest BCUT2D eigenvalue weighted by Gasteiger charge is -2.32. The third-order valence-corrected chi connectivity index (χ3v) is 10.3. The predicted octanol–water partition coefficient (Wildman–Crippen LogP) is 4.61. The molecule has 3 aliphatic rings. The Morgan fingerprint density at radius 2 is 1.63 bits per heavy atom. The Morgan fingerprint density at radius 3 is 2.27 bits per heavy atom. The van der Waals surface area contributed by atoms with Crippen LogP contribution in [0.3, 0.4) is 0 Å². The number of piperidine rings is 2. The number of sulfonamides is 1. The molecule has 8 nitrogen and oxygen atoms in total. The summed E-state index contributed by atoms with van der Waals surface area (Å²) < 4.78 is 66.5. The molecule has 0 atom stereocenters. The largest absolute Gasteiger partial charge is 0.417 e. The van der Waals surface area contributed by atoms with Crippen LogP contribution >= 0.6 is 0 Å². The number of amides is 1. The van der Waals surface area contributed by atoms with Gasteiger partial charge in [-0.2, -0.15) is 17.5 Å². The second kappa shape index (κ2) is 10.4. The second-order valence-electron chi connectivity index (χ2n) is 10.8. The summed E-state index contributed by atoms with van der Waals surface area (Å²) in [5, 5.41) is 9.45. The van der Waals surface area contributed by atoms with Gasteiger partial charge in [-0.05, 0) is 91.9 Å². The van der Waals surface area contributed by atoms with E-state index < -0.39 is 27.2 Å². The van der Waals surface area contributed by atoms with Crippen LogP contribution in [-0.4, -0.2) is 55.8 Å². The zero-order valence-electron chi connectivity index (χ0n) is 22.2. The highest BCUT2D eigenvalue weighted by molar-refractivity contribution is 7.89. The fraction of sp³-hybridized carbons (Fsp3) is 0.379. The second-order valence-corrected chi connectivity index (χ2v) is 12.8. The van der Waals surface area contributed by atoms with E-state index >= 15 is 0 Å². The molecule has 1 aromatic heterocycles. The number of hydrogen-bond donors (Lipinski definition) is 3. The van der Waals surface area contributed by atoms with Gasteiger partial charge in [-0.25, -0.2) is 13.4 Å². The lowest BCUT2D eigenvalue weighted by Crippen LogP contribution is -2.44. The normalized spacial score (nSPS) is 19.6. The Balaban J connectivity index is 1.12. The molecule has 2 fully saturated rings. The predicted molar refractivity (Wildman–Crippen MR) is 149 cm³/mol. The number of alkyl halides is 3. The van der Waals surface area contributed by atoms with Crippen LogP contribution < -0.4 is 16.0 Å². The molecule has 2 aromatic carbocycles. The number of carbonyl (C=O) groups excluding carboxylic acids is 1. The quantitative estimate of drug-likeness (QED) is 0.404. The van der Waals surface area contributed by atoms with Gasteiger partial charge >= 0.3 is 6.18 Å². The molecule has 41 heavy (non-hydrogen) atoms. The first kappa shape index (κ1) is 27.7. The number of pyridine rings is 1.